The molecule has 628 valence electrons. The van der Waals surface area contributed by atoms with E-state index >= 15 is 0 Å². The highest BCUT2D eigenvalue weighted by Gasteiger charge is 2.61. The topological polar surface area (TPSA) is 580 Å². The maximum Gasteiger partial charge on any atom is 0.220 e. The lowest BCUT2D eigenvalue weighted by Gasteiger charge is -2.54. The number of carbonyl (C=O) groups excluding carboxylic acids is 4. The van der Waals surface area contributed by atoms with Crippen molar-refractivity contribution in [1.29, 1.82) is 0 Å². The molecule has 0 bridgehead atoms. The summed E-state index contributed by atoms with van der Waals surface area (Å²) >= 11 is 0. The molecule has 0 aliphatic carbocycles. The average Bonchev–Trinajstić information content (AvgIpc) is 0.750. The number of allylic oxidation sites excluding steroid dienone is 1. The van der Waals surface area contributed by atoms with Crippen molar-refractivity contribution in [3.63, 3.8) is 0 Å². The number of aliphatic carboxylic acids is 1. The van der Waals surface area contributed by atoms with Crippen LogP contribution >= 0.6 is 0 Å². The first-order chi connectivity index (χ1) is 51.3. The molecule has 2 unspecified atom stereocenters. The van der Waals surface area contributed by atoms with Gasteiger partial charge in [0.15, 0.2) is 25.2 Å². The van der Waals surface area contributed by atoms with Gasteiger partial charge in [0.2, 0.25) is 23.5 Å². The van der Waals surface area contributed by atoms with E-state index in [0.29, 0.717) is 19.3 Å². The zero-order valence-corrected chi connectivity index (χ0v) is 63.4. The fourth-order valence-corrected chi connectivity index (χ4v) is 13.9. The lowest BCUT2D eigenvalue weighted by Crippen LogP contribution is -2.73. The summed E-state index contributed by atoms with van der Waals surface area (Å²) in [5.41, 5.74) is 0. The SMILES string of the molecule is CCCCCCCCCC#CCC/C=C/[C@@H](O)[C@H](CO[C@@H]1O[C@H](CO)[C@@H](O[C@@H]2O[C@H](CO)[C@H](O[C@@H]3O[C@H](CO)[C@H](O)[C@H](O[C@@H]4O[C@H](CO)[C@H](O)[C@H](O)[C@H]4O)[C@H]3NC(C)=O)[C@H](O[C@]3(C(=O)[O-])C[C@H](O)C(NC(C)=O)C([C@H](O)[C@H](O)CO)O3)[C@H]2O)[C@H](O)[C@H]1O)NC(=O)CCCCCCCCCCCCCCCCC.[NH4+]. The molecule has 0 radical (unpaired) electrons. The lowest BCUT2D eigenvalue weighted by molar-refractivity contribution is -0.421. The minimum atomic E-state index is -3.50. The third-order valence-corrected chi connectivity index (χ3v) is 20.1. The monoisotopic (exact) mass is 1560 g/mol. The lowest BCUT2D eigenvalue weighted by atomic mass is 9.88. The Hall–Kier alpha value is -3.90. The van der Waals surface area contributed by atoms with Crippen molar-refractivity contribution in [2.75, 3.05) is 39.6 Å². The van der Waals surface area contributed by atoms with Crippen molar-refractivity contribution in [2.24, 2.45) is 0 Å². The van der Waals surface area contributed by atoms with Crippen LogP contribution in [0.5, 0.6) is 0 Å². The van der Waals surface area contributed by atoms with Gasteiger partial charge in [0, 0.05) is 39.5 Å². The Labute approximate surface area is 632 Å². The summed E-state index contributed by atoms with van der Waals surface area (Å²) in [6.45, 7) is 0.157. The molecule has 0 aromatic rings. The molecule has 35 heteroatoms. The summed E-state index contributed by atoms with van der Waals surface area (Å²) < 4.78 is 59.8. The Morgan fingerprint density at radius 3 is 1.54 bits per heavy atom. The molecule has 28 atom stereocenters. The molecule has 0 saturated carbocycles. The molecular formula is C73H130N4O31. The Kier molecular flexibility index (Phi) is 45.6. The number of aliphatic hydroxyl groups excluding tert-OH is 16. The van der Waals surface area contributed by atoms with Crippen LogP contribution in [0.3, 0.4) is 0 Å². The fraction of sp³-hybridized carbons (Fsp3) is 0.890. The molecule has 35 nitrogen and oxygen atoms in total. The van der Waals surface area contributed by atoms with Gasteiger partial charge in [-0.1, -0.05) is 154 Å². The number of amides is 3. The molecule has 0 aromatic heterocycles. The quantitative estimate of drug-likeness (QED) is 0.0166. The van der Waals surface area contributed by atoms with Crippen molar-refractivity contribution < 1.29 is 153 Å². The van der Waals surface area contributed by atoms with E-state index in [1.165, 1.54) is 96.0 Å². The van der Waals surface area contributed by atoms with Crippen LogP contribution in [0, 0.1) is 11.8 Å². The smallest absolute Gasteiger partial charge is 0.220 e. The van der Waals surface area contributed by atoms with E-state index in [9.17, 15) is 106 Å². The Morgan fingerprint density at radius 1 is 0.528 bits per heavy atom. The van der Waals surface area contributed by atoms with Crippen molar-refractivity contribution in [3.8, 4) is 11.8 Å². The van der Waals surface area contributed by atoms with Crippen LogP contribution in [0.4, 0.5) is 0 Å². The minimum absolute atomic E-state index is 0. The van der Waals surface area contributed by atoms with Gasteiger partial charge < -0.3 is 161 Å². The van der Waals surface area contributed by atoms with E-state index < -0.39 is 241 Å². The van der Waals surface area contributed by atoms with E-state index in [4.69, 9.17) is 47.4 Å². The summed E-state index contributed by atoms with van der Waals surface area (Å²) in [5.74, 6) is -1.78. The van der Waals surface area contributed by atoms with E-state index in [1.807, 2.05) is 0 Å². The van der Waals surface area contributed by atoms with Crippen LogP contribution in [-0.2, 0) is 66.5 Å². The minimum Gasteiger partial charge on any atom is -0.544 e. The Bertz CT molecular complexity index is 2610. The number of carboxylic acid groups (broad SMARTS) is 1. The number of hydrogen-bond acceptors (Lipinski definition) is 31. The highest BCUT2D eigenvalue weighted by Crippen LogP contribution is 2.41. The van der Waals surface area contributed by atoms with Crippen LogP contribution in [0.2, 0.25) is 0 Å². The first kappa shape index (κ1) is 96.5. The van der Waals surface area contributed by atoms with Gasteiger partial charge in [-0.2, -0.15) is 0 Å². The second-order valence-electron chi connectivity index (χ2n) is 28.7. The summed E-state index contributed by atoms with van der Waals surface area (Å²) in [4.78, 5) is 52.8. The Balaban J connectivity index is 0.0000246. The van der Waals surface area contributed by atoms with Gasteiger partial charge in [0.05, 0.1) is 63.9 Å². The van der Waals surface area contributed by atoms with Crippen molar-refractivity contribution >= 4 is 23.7 Å². The standard InChI is InChI=1S/C73H127N3O31.H3N/c1-5-7-9-11-13-15-17-19-20-22-24-26-28-30-32-34-52(87)76-44(45(84)33-31-29-27-25-23-21-18-16-14-12-10-8-6-2)41-98-69-61(94)59(92)63(50(39-80)101-69)103-71-62(95)67(107-73(72(96)97)35-46(85)53(74-42(3)82)66(106-73)55(88)47(86)36-77)64(51(40-81)102-71)104-68-54(75-43(4)83)65(57(90)49(38-79)99-68)105-70-60(93)58(91)56(89)48(37-78)100-70;/h31,33,44-51,53-71,77-81,84-86,88-95H,5-22,24,26-30,32,34-41H2,1-4H3,(H,74,82)(H,75,83)(H,76,87)(H,96,97);1H3/b33-31+;/t44-,45+,46-,47+,48+,49+,50+,51+,53?,54+,55+,56-,57-,58-,59+,60+,61+,62+,63+,64-,65+,66?,67+,68-,69+,70-,71-,73-;/m0./s1. The van der Waals surface area contributed by atoms with Gasteiger partial charge in [-0.25, -0.2) is 0 Å². The number of aliphatic hydroxyl groups is 16. The molecular weight excluding hydrogens is 1430 g/mol. The molecule has 0 spiro atoms. The molecule has 5 aliphatic heterocycles. The molecule has 3 amide bonds. The molecule has 5 saturated heterocycles. The van der Waals surface area contributed by atoms with Crippen LogP contribution in [0.25, 0.3) is 0 Å². The van der Waals surface area contributed by atoms with Crippen LogP contribution in [-0.4, -0.2) is 316 Å². The van der Waals surface area contributed by atoms with Crippen molar-refractivity contribution in [1.82, 2.24) is 22.1 Å². The van der Waals surface area contributed by atoms with E-state index in [2.05, 4.69) is 41.6 Å². The Morgan fingerprint density at radius 2 is 0.991 bits per heavy atom. The summed E-state index contributed by atoms with van der Waals surface area (Å²) in [5, 5.41) is 199. The maximum atomic E-state index is 13.7. The molecule has 5 heterocycles. The first-order valence-electron chi connectivity index (χ1n) is 38.5. The second kappa shape index (κ2) is 51.0. The normalized spacial score (nSPS) is 34.1. The van der Waals surface area contributed by atoms with E-state index in [1.54, 1.807) is 6.08 Å². The van der Waals surface area contributed by atoms with Gasteiger partial charge in [-0.15, -0.1) is 11.8 Å². The number of hydrogen-bond donors (Lipinski definition) is 20. The molecule has 5 rings (SSSR count). The van der Waals surface area contributed by atoms with Crippen LogP contribution in [0.1, 0.15) is 201 Å². The third kappa shape index (κ3) is 29.5. The predicted molar refractivity (Wildman–Crippen MR) is 380 cm³/mol. The number of carbonyl (C=O) groups is 4. The van der Waals surface area contributed by atoms with Crippen molar-refractivity contribution in [3.05, 3.63) is 12.2 Å². The fourth-order valence-electron chi connectivity index (χ4n) is 13.9. The number of nitrogens with one attached hydrogen (secondary N) is 3. The maximum absolute atomic E-state index is 13.7. The van der Waals surface area contributed by atoms with Gasteiger partial charge in [-0.3, -0.25) is 14.4 Å². The van der Waals surface area contributed by atoms with Gasteiger partial charge in [-0.05, 0) is 19.3 Å². The number of quaternary nitrogens is 1. The predicted octanol–water partition coefficient (Wildman–Crippen LogP) is -2.78. The largest absolute Gasteiger partial charge is 0.544 e. The summed E-state index contributed by atoms with van der Waals surface area (Å²) in [6, 6.07) is -4.89. The highest BCUT2D eigenvalue weighted by molar-refractivity contribution is 5.76. The van der Waals surface area contributed by atoms with E-state index in [0.717, 1.165) is 65.2 Å². The molecule has 0 aromatic carbocycles. The average molecular weight is 1560 g/mol. The zero-order valence-electron chi connectivity index (χ0n) is 63.4. The van der Waals surface area contributed by atoms with Crippen molar-refractivity contribution in [2.45, 2.75) is 372 Å². The number of ether oxygens (including phenoxy) is 10. The first-order valence-corrected chi connectivity index (χ1v) is 38.5. The van der Waals surface area contributed by atoms with Gasteiger partial charge in [0.1, 0.15) is 122 Å². The number of rotatable bonds is 49. The molecule has 108 heavy (non-hydrogen) atoms. The van der Waals surface area contributed by atoms with Gasteiger partial charge >= 0.3 is 0 Å². The van der Waals surface area contributed by atoms with Gasteiger partial charge in [0.25, 0.3) is 0 Å². The number of unbranched alkanes of at least 4 members (excludes halogenated alkanes) is 22. The summed E-state index contributed by atoms with van der Waals surface area (Å²) in [6.07, 6.45) is -21.2. The molecule has 5 aliphatic rings. The van der Waals surface area contributed by atoms with E-state index in [-0.39, 0.29) is 12.6 Å². The summed E-state index contributed by atoms with van der Waals surface area (Å²) in [7, 11) is 0. The molecule has 23 N–H and O–H groups in total. The van der Waals surface area contributed by atoms with Crippen LogP contribution in [0.15, 0.2) is 12.2 Å². The zero-order chi connectivity index (χ0) is 78.8. The number of carboxylic acids is 1. The molecule has 5 fully saturated rings. The van der Waals surface area contributed by atoms with Crippen LogP contribution < -0.4 is 27.2 Å². The second-order valence-corrected chi connectivity index (χ2v) is 28.7. The third-order valence-electron chi connectivity index (χ3n) is 20.1. The highest BCUT2D eigenvalue weighted by atomic mass is 16.8.